The number of nitrogens with two attached hydrogens (primary N) is 1. The van der Waals surface area contributed by atoms with Gasteiger partial charge < -0.3 is 15.8 Å². The standard InChI is InChI=1S/C11H12Cl2N2O4S/c1-3-19-11(18)5-4(2)6(8(14)16)20-10(5)15-9(17)7(12)13/h7H,3H2,1-2H3,(H2,14,16)(H,15,17). The minimum atomic E-state index is -1.30. The molecule has 0 aromatic carbocycles. The summed E-state index contributed by atoms with van der Waals surface area (Å²) < 4.78 is 4.88. The fraction of sp³-hybridized carbons (Fsp3) is 0.364. The topological polar surface area (TPSA) is 98.5 Å². The van der Waals surface area contributed by atoms with Crippen molar-refractivity contribution in [2.75, 3.05) is 11.9 Å². The second kappa shape index (κ2) is 6.92. The van der Waals surface area contributed by atoms with Crippen molar-refractivity contribution in [1.29, 1.82) is 0 Å². The van der Waals surface area contributed by atoms with Crippen LogP contribution >= 0.6 is 34.5 Å². The highest BCUT2D eigenvalue weighted by Crippen LogP contribution is 2.33. The van der Waals surface area contributed by atoms with Gasteiger partial charge in [-0.2, -0.15) is 0 Å². The molecule has 0 unspecified atom stereocenters. The normalized spacial score (nSPS) is 10.4. The number of hydrogen-bond acceptors (Lipinski definition) is 5. The summed E-state index contributed by atoms with van der Waals surface area (Å²) in [6.07, 6.45) is 0. The Kier molecular flexibility index (Phi) is 5.79. The van der Waals surface area contributed by atoms with E-state index in [1.807, 2.05) is 0 Å². The molecule has 0 saturated carbocycles. The van der Waals surface area contributed by atoms with Gasteiger partial charge in [-0.3, -0.25) is 9.59 Å². The third-order valence-corrected chi connectivity index (χ3v) is 3.90. The van der Waals surface area contributed by atoms with Crippen molar-refractivity contribution in [1.82, 2.24) is 0 Å². The van der Waals surface area contributed by atoms with Crippen LogP contribution in [0.2, 0.25) is 0 Å². The average molecular weight is 339 g/mol. The summed E-state index contributed by atoms with van der Waals surface area (Å²) in [6, 6.07) is 0. The smallest absolute Gasteiger partial charge is 0.341 e. The van der Waals surface area contributed by atoms with Crippen LogP contribution in [0.25, 0.3) is 0 Å². The molecule has 3 N–H and O–H groups in total. The maximum Gasteiger partial charge on any atom is 0.341 e. The Morgan fingerprint density at radius 2 is 2.00 bits per heavy atom. The van der Waals surface area contributed by atoms with Crippen molar-refractivity contribution in [2.45, 2.75) is 18.7 Å². The minimum absolute atomic E-state index is 0.0768. The van der Waals surface area contributed by atoms with Gasteiger partial charge in [0.25, 0.3) is 11.8 Å². The SMILES string of the molecule is CCOC(=O)c1c(NC(=O)C(Cl)Cl)sc(C(N)=O)c1C. The van der Waals surface area contributed by atoms with Gasteiger partial charge in [-0.15, -0.1) is 11.3 Å². The molecule has 110 valence electrons. The van der Waals surface area contributed by atoms with Gasteiger partial charge in [-0.1, -0.05) is 23.2 Å². The van der Waals surface area contributed by atoms with Crippen molar-refractivity contribution in [2.24, 2.45) is 5.73 Å². The fourth-order valence-corrected chi connectivity index (χ4v) is 2.61. The molecule has 1 heterocycles. The molecule has 0 radical (unpaired) electrons. The number of halogens is 2. The van der Waals surface area contributed by atoms with Crippen LogP contribution in [0.3, 0.4) is 0 Å². The number of carbonyl (C=O) groups excluding carboxylic acids is 3. The summed E-state index contributed by atoms with van der Waals surface area (Å²) in [7, 11) is 0. The number of esters is 1. The lowest BCUT2D eigenvalue weighted by Crippen LogP contribution is -2.19. The molecule has 0 bridgehead atoms. The highest BCUT2D eigenvalue weighted by Gasteiger charge is 2.26. The summed E-state index contributed by atoms with van der Waals surface area (Å²) >= 11 is 11.7. The number of rotatable bonds is 5. The Bertz CT molecular complexity index is 557. The van der Waals surface area contributed by atoms with Crippen molar-refractivity contribution in [3.05, 3.63) is 16.0 Å². The first-order chi connectivity index (χ1) is 9.29. The third kappa shape index (κ3) is 3.62. The number of hydrogen-bond donors (Lipinski definition) is 2. The number of alkyl halides is 2. The molecule has 9 heteroatoms. The number of thiophene rings is 1. The molecule has 0 spiro atoms. The van der Waals surface area contributed by atoms with E-state index in [1.165, 1.54) is 6.92 Å². The monoisotopic (exact) mass is 338 g/mol. The van der Waals surface area contributed by atoms with E-state index in [2.05, 4.69) is 5.32 Å². The summed E-state index contributed by atoms with van der Waals surface area (Å²) in [4.78, 5) is 33.5. The Hall–Kier alpha value is -1.31. The minimum Gasteiger partial charge on any atom is -0.462 e. The number of anilines is 1. The van der Waals surface area contributed by atoms with Crippen LogP contribution in [0.4, 0.5) is 5.00 Å². The summed E-state index contributed by atoms with van der Waals surface area (Å²) in [5.74, 6) is -2.08. The van der Waals surface area contributed by atoms with Gasteiger partial charge in [0.1, 0.15) is 5.00 Å². The molecular formula is C11H12Cl2N2O4S. The molecule has 1 aromatic heterocycles. The number of nitrogens with one attached hydrogen (secondary N) is 1. The molecule has 0 fully saturated rings. The second-order valence-electron chi connectivity index (χ2n) is 3.63. The van der Waals surface area contributed by atoms with Crippen molar-refractivity contribution in [3.8, 4) is 0 Å². The molecule has 6 nitrogen and oxygen atoms in total. The first-order valence-electron chi connectivity index (χ1n) is 5.48. The van der Waals surface area contributed by atoms with Crippen molar-refractivity contribution < 1.29 is 19.1 Å². The van der Waals surface area contributed by atoms with E-state index >= 15 is 0 Å². The zero-order chi connectivity index (χ0) is 15.4. The Balaban J connectivity index is 3.27. The molecule has 0 atom stereocenters. The highest BCUT2D eigenvalue weighted by atomic mass is 35.5. The predicted molar refractivity (Wildman–Crippen MR) is 77.7 cm³/mol. The summed E-state index contributed by atoms with van der Waals surface area (Å²) in [5.41, 5.74) is 5.64. The molecule has 0 saturated heterocycles. The second-order valence-corrected chi connectivity index (χ2v) is 5.75. The molecule has 0 aliphatic heterocycles. The van der Waals surface area contributed by atoms with E-state index in [1.54, 1.807) is 6.92 Å². The largest absolute Gasteiger partial charge is 0.462 e. The van der Waals surface area contributed by atoms with Gasteiger partial charge in [-0.05, 0) is 19.4 Å². The molecule has 1 aromatic rings. The van der Waals surface area contributed by atoms with Gasteiger partial charge in [-0.25, -0.2) is 4.79 Å². The predicted octanol–water partition coefficient (Wildman–Crippen LogP) is 2.07. The Morgan fingerprint density at radius 3 is 2.45 bits per heavy atom. The quantitative estimate of drug-likeness (QED) is 0.634. The van der Waals surface area contributed by atoms with Crippen LogP contribution in [-0.2, 0) is 9.53 Å². The van der Waals surface area contributed by atoms with Gasteiger partial charge >= 0.3 is 5.97 Å². The molecule has 0 aliphatic rings. The lowest BCUT2D eigenvalue weighted by atomic mass is 10.1. The number of carbonyl (C=O) groups is 3. The van der Waals surface area contributed by atoms with Gasteiger partial charge in [0, 0.05) is 0 Å². The first-order valence-corrected chi connectivity index (χ1v) is 7.17. The molecule has 2 amide bonds. The van der Waals surface area contributed by atoms with Crippen LogP contribution in [-0.4, -0.2) is 29.2 Å². The van der Waals surface area contributed by atoms with Crippen LogP contribution in [0.5, 0.6) is 0 Å². The molecule has 20 heavy (non-hydrogen) atoms. The maximum atomic E-state index is 11.9. The summed E-state index contributed by atoms with van der Waals surface area (Å²) in [6.45, 7) is 3.33. The van der Waals surface area contributed by atoms with Crippen molar-refractivity contribution >= 4 is 57.3 Å². The number of ether oxygens (including phenoxy) is 1. The van der Waals surface area contributed by atoms with Crippen LogP contribution in [0, 0.1) is 6.92 Å². The zero-order valence-electron chi connectivity index (χ0n) is 10.7. The lowest BCUT2D eigenvalue weighted by Gasteiger charge is -2.07. The van der Waals surface area contributed by atoms with Crippen molar-refractivity contribution in [3.63, 3.8) is 0 Å². The van der Waals surface area contributed by atoms with Gasteiger partial charge in [0.2, 0.25) is 0 Å². The van der Waals surface area contributed by atoms with Gasteiger partial charge in [0.15, 0.2) is 4.84 Å². The number of amides is 2. The maximum absolute atomic E-state index is 11.9. The number of primary amides is 1. The lowest BCUT2D eigenvalue weighted by molar-refractivity contribution is -0.114. The Morgan fingerprint density at radius 1 is 1.40 bits per heavy atom. The Labute approximate surface area is 129 Å². The third-order valence-electron chi connectivity index (χ3n) is 2.29. The zero-order valence-corrected chi connectivity index (χ0v) is 13.0. The average Bonchev–Trinajstić information content (AvgIpc) is 2.66. The van der Waals surface area contributed by atoms with E-state index in [0.717, 1.165) is 11.3 Å². The van der Waals surface area contributed by atoms with Crippen LogP contribution in [0.1, 0.15) is 32.5 Å². The van der Waals surface area contributed by atoms with E-state index in [4.69, 9.17) is 33.7 Å². The molecule has 1 rings (SSSR count). The van der Waals surface area contributed by atoms with E-state index in [9.17, 15) is 14.4 Å². The van der Waals surface area contributed by atoms with E-state index < -0.39 is 22.6 Å². The van der Waals surface area contributed by atoms with E-state index in [-0.39, 0.29) is 22.0 Å². The van der Waals surface area contributed by atoms with Crippen LogP contribution < -0.4 is 11.1 Å². The molecule has 0 aliphatic carbocycles. The first kappa shape index (κ1) is 16.7. The molecular weight excluding hydrogens is 327 g/mol. The van der Waals surface area contributed by atoms with E-state index in [0.29, 0.717) is 5.56 Å². The van der Waals surface area contributed by atoms with Gasteiger partial charge in [0.05, 0.1) is 17.0 Å². The van der Waals surface area contributed by atoms with Crippen LogP contribution in [0.15, 0.2) is 0 Å². The highest BCUT2D eigenvalue weighted by molar-refractivity contribution is 7.18. The summed E-state index contributed by atoms with van der Waals surface area (Å²) in [5, 5.41) is 2.50. The fourth-order valence-electron chi connectivity index (χ4n) is 1.45.